The Kier molecular flexibility index (Phi) is 4.70. The van der Waals surface area contributed by atoms with Crippen LogP contribution in [0.3, 0.4) is 0 Å². The second kappa shape index (κ2) is 7.20. The number of aryl methyl sites for hydroxylation is 2. The molecule has 2 heterocycles. The Balaban J connectivity index is 1.80. The van der Waals surface area contributed by atoms with Crippen LogP contribution in [-0.2, 0) is 12.6 Å². The number of hydrogen-bond acceptors (Lipinski definition) is 3. The lowest BCUT2D eigenvalue weighted by molar-refractivity contribution is -0.137. The average Bonchev–Trinajstić information content (AvgIpc) is 3.31. The Morgan fingerprint density at radius 3 is 2.21 bits per heavy atom. The van der Waals surface area contributed by atoms with E-state index < -0.39 is 11.7 Å². The van der Waals surface area contributed by atoms with E-state index in [9.17, 15) is 13.2 Å². The molecule has 0 unspecified atom stereocenters. The first-order chi connectivity index (χ1) is 13.9. The molecule has 0 spiro atoms. The van der Waals surface area contributed by atoms with Gasteiger partial charge in [0.15, 0.2) is 11.6 Å². The predicted molar refractivity (Wildman–Crippen MR) is 103 cm³/mol. The molecule has 0 atom stereocenters. The zero-order valence-electron chi connectivity index (χ0n) is 15.9. The molecule has 2 aromatic heterocycles. The van der Waals surface area contributed by atoms with Gasteiger partial charge < -0.3 is 0 Å². The monoisotopic (exact) mass is 397 g/mol. The maximum atomic E-state index is 12.9. The van der Waals surface area contributed by atoms with Crippen LogP contribution in [0.15, 0.2) is 60.8 Å². The molecule has 29 heavy (non-hydrogen) atoms. The highest BCUT2D eigenvalue weighted by Gasteiger charge is 2.30. The summed E-state index contributed by atoms with van der Waals surface area (Å²) in [4.78, 5) is 4.57. The Bertz CT molecular complexity index is 1130. The molecular weight excluding hydrogens is 379 g/mol. The summed E-state index contributed by atoms with van der Waals surface area (Å²) in [5.74, 6) is 1.09. The number of hydrogen-bond donors (Lipinski definition) is 0. The van der Waals surface area contributed by atoms with Crippen LogP contribution in [-0.4, -0.2) is 24.5 Å². The Hall–Kier alpha value is -3.42. The summed E-state index contributed by atoms with van der Waals surface area (Å²) in [5.41, 5.74) is 2.20. The van der Waals surface area contributed by atoms with Gasteiger partial charge in [0, 0.05) is 12.6 Å². The predicted octanol–water partition coefficient (Wildman–Crippen LogP) is 5.01. The Morgan fingerprint density at radius 2 is 1.59 bits per heavy atom. The van der Waals surface area contributed by atoms with Crippen molar-refractivity contribution < 1.29 is 13.2 Å². The summed E-state index contributed by atoms with van der Waals surface area (Å²) in [5, 5.41) is 9.12. The summed E-state index contributed by atoms with van der Waals surface area (Å²) in [7, 11) is 0. The van der Waals surface area contributed by atoms with Gasteiger partial charge in [-0.05, 0) is 48.9 Å². The van der Waals surface area contributed by atoms with Crippen molar-refractivity contribution in [1.29, 1.82) is 0 Å². The zero-order chi connectivity index (χ0) is 20.6. The first-order valence-corrected chi connectivity index (χ1v) is 9.12. The van der Waals surface area contributed by atoms with Crippen LogP contribution in [0.1, 0.15) is 23.9 Å². The SMILES string of the molecule is CCc1nc(-c2nn(-c3ccccc3)cc2C)n(-c2ccc(C(F)(F)F)cc2)n1. The maximum Gasteiger partial charge on any atom is 0.416 e. The van der Waals surface area contributed by atoms with Gasteiger partial charge in [0.2, 0.25) is 0 Å². The third-order valence-corrected chi connectivity index (χ3v) is 4.54. The van der Waals surface area contributed by atoms with E-state index >= 15 is 0 Å². The zero-order valence-corrected chi connectivity index (χ0v) is 15.9. The van der Waals surface area contributed by atoms with Gasteiger partial charge in [-0.2, -0.15) is 23.4 Å². The molecule has 8 heteroatoms. The first-order valence-electron chi connectivity index (χ1n) is 9.12. The van der Waals surface area contributed by atoms with Crippen molar-refractivity contribution in [3.05, 3.63) is 77.7 Å². The van der Waals surface area contributed by atoms with Crippen molar-refractivity contribution in [3.63, 3.8) is 0 Å². The van der Waals surface area contributed by atoms with Gasteiger partial charge in [-0.1, -0.05) is 25.1 Å². The molecule has 148 valence electrons. The quantitative estimate of drug-likeness (QED) is 0.486. The van der Waals surface area contributed by atoms with Gasteiger partial charge in [0.1, 0.15) is 5.69 Å². The molecule has 5 nitrogen and oxygen atoms in total. The molecule has 0 bridgehead atoms. The summed E-state index contributed by atoms with van der Waals surface area (Å²) >= 11 is 0. The summed E-state index contributed by atoms with van der Waals surface area (Å²) in [6.07, 6.45) is -1.90. The maximum absolute atomic E-state index is 12.9. The van der Waals surface area contributed by atoms with E-state index in [4.69, 9.17) is 0 Å². The van der Waals surface area contributed by atoms with E-state index in [1.165, 1.54) is 12.1 Å². The van der Waals surface area contributed by atoms with Crippen molar-refractivity contribution in [1.82, 2.24) is 24.5 Å². The van der Waals surface area contributed by atoms with Crippen LogP contribution in [0.4, 0.5) is 13.2 Å². The van der Waals surface area contributed by atoms with Gasteiger partial charge in [0.25, 0.3) is 0 Å². The summed E-state index contributed by atoms with van der Waals surface area (Å²) < 4.78 is 42.0. The van der Waals surface area contributed by atoms with E-state index in [0.717, 1.165) is 23.4 Å². The molecule has 0 aliphatic carbocycles. The normalized spacial score (nSPS) is 11.8. The molecule has 0 saturated heterocycles. The highest BCUT2D eigenvalue weighted by atomic mass is 19.4. The number of nitrogens with zero attached hydrogens (tertiary/aromatic N) is 5. The van der Waals surface area contributed by atoms with Crippen molar-refractivity contribution in [2.75, 3.05) is 0 Å². The highest BCUT2D eigenvalue weighted by molar-refractivity contribution is 5.58. The second-order valence-corrected chi connectivity index (χ2v) is 6.60. The number of para-hydroxylation sites is 1. The standard InChI is InChI=1S/C21H18F3N5/c1-3-18-25-20(19-14(2)13-28(27-19)16-7-5-4-6-8-16)29(26-18)17-11-9-15(10-12-17)21(22,23)24/h4-13H,3H2,1-2H3. The fourth-order valence-corrected chi connectivity index (χ4v) is 3.02. The second-order valence-electron chi connectivity index (χ2n) is 6.60. The molecule has 4 rings (SSSR count). The fourth-order valence-electron chi connectivity index (χ4n) is 3.02. The smallest absolute Gasteiger partial charge is 0.240 e. The number of alkyl halides is 3. The molecule has 0 amide bonds. The van der Waals surface area contributed by atoms with Crippen molar-refractivity contribution in [2.45, 2.75) is 26.4 Å². The lowest BCUT2D eigenvalue weighted by Crippen LogP contribution is -2.06. The van der Waals surface area contributed by atoms with E-state index in [0.29, 0.717) is 29.5 Å². The average molecular weight is 397 g/mol. The number of rotatable bonds is 4. The third-order valence-electron chi connectivity index (χ3n) is 4.54. The fraction of sp³-hybridized carbons (Fsp3) is 0.190. The Morgan fingerprint density at radius 1 is 0.897 bits per heavy atom. The minimum absolute atomic E-state index is 0.494. The topological polar surface area (TPSA) is 48.5 Å². The van der Waals surface area contributed by atoms with Gasteiger partial charge in [-0.3, -0.25) is 0 Å². The van der Waals surface area contributed by atoms with Crippen LogP contribution in [0, 0.1) is 6.92 Å². The van der Waals surface area contributed by atoms with Crippen LogP contribution < -0.4 is 0 Å². The van der Waals surface area contributed by atoms with Gasteiger partial charge in [0.05, 0.1) is 16.9 Å². The molecular formula is C21H18F3N5. The molecule has 0 aliphatic rings. The molecule has 0 aliphatic heterocycles. The van der Waals surface area contributed by atoms with Crippen molar-refractivity contribution in [3.8, 4) is 22.9 Å². The highest BCUT2D eigenvalue weighted by Crippen LogP contribution is 2.30. The summed E-state index contributed by atoms with van der Waals surface area (Å²) in [6, 6.07) is 14.5. The molecule has 0 saturated carbocycles. The lowest BCUT2D eigenvalue weighted by Gasteiger charge is -2.09. The van der Waals surface area contributed by atoms with Crippen LogP contribution in [0.5, 0.6) is 0 Å². The first kappa shape index (κ1) is 18.9. The van der Waals surface area contributed by atoms with Gasteiger partial charge >= 0.3 is 6.18 Å². The molecule has 4 aromatic rings. The van der Waals surface area contributed by atoms with Crippen LogP contribution in [0.2, 0.25) is 0 Å². The molecule has 0 radical (unpaired) electrons. The number of benzene rings is 2. The minimum atomic E-state index is -4.39. The van der Waals surface area contributed by atoms with Crippen molar-refractivity contribution in [2.24, 2.45) is 0 Å². The van der Waals surface area contributed by atoms with Gasteiger partial charge in [-0.15, -0.1) is 0 Å². The third kappa shape index (κ3) is 3.65. The van der Waals surface area contributed by atoms with E-state index in [2.05, 4.69) is 15.2 Å². The largest absolute Gasteiger partial charge is 0.416 e. The van der Waals surface area contributed by atoms with Crippen LogP contribution in [0.25, 0.3) is 22.9 Å². The lowest BCUT2D eigenvalue weighted by atomic mass is 10.2. The van der Waals surface area contributed by atoms with E-state index in [-0.39, 0.29) is 0 Å². The minimum Gasteiger partial charge on any atom is -0.240 e. The molecule has 2 aromatic carbocycles. The molecule has 0 N–H and O–H groups in total. The number of halogens is 3. The Labute approximate surface area is 165 Å². The number of aromatic nitrogens is 5. The van der Waals surface area contributed by atoms with Gasteiger partial charge in [-0.25, -0.2) is 14.3 Å². The summed E-state index contributed by atoms with van der Waals surface area (Å²) in [6.45, 7) is 3.84. The van der Waals surface area contributed by atoms with Crippen LogP contribution >= 0.6 is 0 Å². The van der Waals surface area contributed by atoms with Crippen molar-refractivity contribution >= 4 is 0 Å². The van der Waals surface area contributed by atoms with E-state index in [1.54, 1.807) is 9.36 Å². The molecule has 0 fully saturated rings. The van der Waals surface area contributed by atoms with E-state index in [1.807, 2.05) is 50.4 Å².